The van der Waals surface area contributed by atoms with Crippen LogP contribution in [-0.4, -0.2) is 40.7 Å². The topological polar surface area (TPSA) is 102 Å². The summed E-state index contributed by atoms with van der Waals surface area (Å²) in [6, 6.07) is 7.48. The second-order valence-electron chi connectivity index (χ2n) is 10.3. The van der Waals surface area contributed by atoms with Gasteiger partial charge in [-0.1, -0.05) is 56.5 Å². The first-order chi connectivity index (χ1) is 17.6. The summed E-state index contributed by atoms with van der Waals surface area (Å²) in [5, 5.41) is 10.9. The summed E-state index contributed by atoms with van der Waals surface area (Å²) >= 11 is 6.90. The maximum Gasteiger partial charge on any atom is 0.413 e. The van der Waals surface area contributed by atoms with E-state index in [0.29, 0.717) is 22.6 Å². The Labute approximate surface area is 228 Å². The number of carbonyl (C=O) groups is 2. The molecule has 0 radical (unpaired) electrons. The van der Waals surface area contributed by atoms with Crippen LogP contribution in [0.1, 0.15) is 81.8 Å². The molecule has 1 heterocycles. The lowest BCUT2D eigenvalue weighted by atomic mass is 9.85. The summed E-state index contributed by atoms with van der Waals surface area (Å²) in [6.45, 7) is 5.91. The van der Waals surface area contributed by atoms with Crippen molar-refractivity contribution in [3.63, 3.8) is 0 Å². The van der Waals surface area contributed by atoms with Crippen LogP contribution >= 0.6 is 23.6 Å². The fourth-order valence-corrected chi connectivity index (χ4v) is 5.19. The maximum absolute atomic E-state index is 13.1. The van der Waals surface area contributed by atoms with Crippen LogP contribution in [0.4, 0.5) is 9.93 Å². The second kappa shape index (κ2) is 13.7. The van der Waals surface area contributed by atoms with E-state index in [1.54, 1.807) is 33.3 Å². The van der Waals surface area contributed by atoms with Crippen molar-refractivity contribution in [2.75, 3.05) is 12.4 Å². The van der Waals surface area contributed by atoms with Gasteiger partial charge in [0.25, 0.3) is 5.91 Å². The van der Waals surface area contributed by atoms with Crippen LogP contribution in [0.25, 0.3) is 0 Å². The van der Waals surface area contributed by atoms with E-state index in [1.165, 1.54) is 43.4 Å². The Balaban J connectivity index is 1.61. The van der Waals surface area contributed by atoms with Gasteiger partial charge in [-0.2, -0.15) is 0 Å². The summed E-state index contributed by atoms with van der Waals surface area (Å²) in [4.78, 5) is 30.0. The molecular weight excluding hydrogens is 508 g/mol. The van der Waals surface area contributed by atoms with Crippen LogP contribution in [0.3, 0.4) is 0 Å². The second-order valence-corrected chi connectivity index (χ2v) is 11.6. The van der Waals surface area contributed by atoms with Crippen molar-refractivity contribution >= 4 is 45.7 Å². The molecule has 8 nitrogen and oxygen atoms in total. The van der Waals surface area contributed by atoms with Crippen LogP contribution in [0, 0.1) is 5.92 Å². The molecule has 10 heteroatoms. The summed E-state index contributed by atoms with van der Waals surface area (Å²) in [7, 11) is 1.64. The number of thiazole rings is 1. The van der Waals surface area contributed by atoms with Crippen molar-refractivity contribution in [2.45, 2.75) is 83.9 Å². The third-order valence-electron chi connectivity index (χ3n) is 6.18. The third-order valence-corrected chi connectivity index (χ3v) is 7.37. The minimum absolute atomic E-state index is 0.233. The van der Waals surface area contributed by atoms with Gasteiger partial charge in [-0.05, 0) is 57.2 Å². The van der Waals surface area contributed by atoms with Gasteiger partial charge in [0, 0.05) is 11.9 Å². The molecule has 1 aliphatic carbocycles. The number of carbonyl (C=O) groups excluding carboxylic acids is 2. The molecule has 0 bridgehead atoms. The van der Waals surface area contributed by atoms with Crippen molar-refractivity contribution in [1.29, 1.82) is 0 Å². The van der Waals surface area contributed by atoms with Gasteiger partial charge in [0.15, 0.2) is 5.13 Å². The number of ether oxygens (including phenoxy) is 2. The van der Waals surface area contributed by atoms with Crippen LogP contribution in [0.2, 0.25) is 0 Å². The predicted molar refractivity (Wildman–Crippen MR) is 151 cm³/mol. The van der Waals surface area contributed by atoms with Gasteiger partial charge in [0.05, 0.1) is 18.1 Å². The van der Waals surface area contributed by atoms with Crippen LogP contribution in [0.5, 0.6) is 5.75 Å². The zero-order valence-corrected chi connectivity index (χ0v) is 23.7. The number of thiocarbonyl (C=S) groups is 1. The van der Waals surface area contributed by atoms with Crippen LogP contribution < -0.4 is 20.7 Å². The van der Waals surface area contributed by atoms with Gasteiger partial charge in [0.2, 0.25) is 0 Å². The molecule has 1 fully saturated rings. The number of hydrogen-bond acceptors (Lipinski definition) is 7. The van der Waals surface area contributed by atoms with E-state index in [1.807, 2.05) is 24.3 Å². The highest BCUT2D eigenvalue weighted by Gasteiger charge is 2.23. The quantitative estimate of drug-likeness (QED) is 0.311. The minimum Gasteiger partial charge on any atom is -0.497 e. The van der Waals surface area contributed by atoms with Crippen molar-refractivity contribution in [2.24, 2.45) is 5.92 Å². The largest absolute Gasteiger partial charge is 0.497 e. The van der Waals surface area contributed by atoms with Crippen LogP contribution in [0.15, 0.2) is 29.6 Å². The van der Waals surface area contributed by atoms with E-state index in [0.717, 1.165) is 24.2 Å². The predicted octanol–water partition coefficient (Wildman–Crippen LogP) is 6.07. The molecule has 1 aliphatic rings. The number of anilines is 1. The molecule has 1 atom stereocenters. The maximum atomic E-state index is 13.1. The van der Waals surface area contributed by atoms with Crippen molar-refractivity contribution in [3.05, 3.63) is 40.9 Å². The molecule has 202 valence electrons. The number of benzene rings is 1. The molecule has 2 aromatic rings. The van der Waals surface area contributed by atoms with E-state index in [4.69, 9.17) is 21.7 Å². The molecule has 1 aromatic carbocycles. The average Bonchev–Trinajstić information content (AvgIpc) is 3.33. The number of amides is 2. The Morgan fingerprint density at radius 3 is 2.51 bits per heavy atom. The normalized spacial score (nSPS) is 14.9. The summed E-state index contributed by atoms with van der Waals surface area (Å²) in [6.07, 6.45) is 7.49. The number of aromatic nitrogens is 1. The fraction of sp³-hybridized carbons (Fsp3) is 0.556. The highest BCUT2D eigenvalue weighted by Crippen LogP contribution is 2.28. The summed E-state index contributed by atoms with van der Waals surface area (Å²) < 4.78 is 10.5. The number of nitrogens with one attached hydrogen (secondary N) is 3. The highest BCUT2D eigenvalue weighted by molar-refractivity contribution is 7.80. The average molecular weight is 547 g/mol. The standard InChI is InChI=1S/C27H38N4O4S2/c1-27(2,3)35-26(33)31-25-30-22(17-37-25)23(32)29-21(15-12-18-8-6-5-7-9-18)24(36)28-16-19-10-13-20(34-4)14-11-19/h10-11,13-14,17-18,21H,5-9,12,15-16H2,1-4H3,(H,28,36)(H,29,32)(H,30,31,33)/t21-/m1/s1. The Morgan fingerprint density at radius 2 is 1.86 bits per heavy atom. The number of nitrogens with zero attached hydrogens (tertiary/aromatic N) is 1. The van der Waals surface area contributed by atoms with Gasteiger partial charge in [-0.25, -0.2) is 9.78 Å². The molecule has 3 N–H and O–H groups in total. The number of methoxy groups -OCH3 is 1. The number of hydrogen-bond donors (Lipinski definition) is 3. The molecule has 0 unspecified atom stereocenters. The van der Waals surface area contributed by atoms with Gasteiger partial charge in [-0.3, -0.25) is 10.1 Å². The first-order valence-corrected chi connectivity index (χ1v) is 14.1. The third kappa shape index (κ3) is 9.92. The molecule has 0 saturated heterocycles. The molecule has 0 spiro atoms. The van der Waals surface area contributed by atoms with Crippen LogP contribution in [-0.2, 0) is 11.3 Å². The summed E-state index contributed by atoms with van der Waals surface area (Å²) in [5.74, 6) is 1.14. The first-order valence-electron chi connectivity index (χ1n) is 12.8. The Bertz CT molecular complexity index is 1040. The Hall–Kier alpha value is -2.72. The minimum atomic E-state index is -0.623. The highest BCUT2D eigenvalue weighted by atomic mass is 32.1. The Kier molecular flexibility index (Phi) is 10.7. The van der Waals surface area contributed by atoms with E-state index in [-0.39, 0.29) is 17.6 Å². The number of rotatable bonds is 10. The fourth-order valence-electron chi connectivity index (χ4n) is 4.26. The van der Waals surface area contributed by atoms with E-state index in [2.05, 4.69) is 20.9 Å². The van der Waals surface area contributed by atoms with E-state index in [9.17, 15) is 9.59 Å². The Morgan fingerprint density at radius 1 is 1.16 bits per heavy atom. The zero-order valence-electron chi connectivity index (χ0n) is 22.1. The van der Waals surface area contributed by atoms with Gasteiger partial charge in [-0.15, -0.1) is 11.3 Å². The molecule has 0 aliphatic heterocycles. The lowest BCUT2D eigenvalue weighted by molar-refractivity contribution is 0.0635. The first kappa shape index (κ1) is 28.8. The lowest BCUT2D eigenvalue weighted by Gasteiger charge is -2.25. The van der Waals surface area contributed by atoms with Crippen molar-refractivity contribution in [3.8, 4) is 5.75 Å². The molecule has 1 saturated carbocycles. The SMILES string of the molecule is COc1ccc(CNC(=S)[C@@H](CCC2CCCCC2)NC(=O)c2csc(NC(=O)OC(C)(C)C)n2)cc1. The monoisotopic (exact) mass is 546 g/mol. The van der Waals surface area contributed by atoms with E-state index >= 15 is 0 Å². The smallest absolute Gasteiger partial charge is 0.413 e. The van der Waals surface area contributed by atoms with Crippen molar-refractivity contribution < 1.29 is 19.1 Å². The van der Waals surface area contributed by atoms with Crippen molar-refractivity contribution in [1.82, 2.24) is 15.6 Å². The molecular formula is C27H38N4O4S2. The molecule has 2 amide bonds. The molecule has 3 rings (SSSR count). The van der Waals surface area contributed by atoms with Gasteiger partial charge in [0.1, 0.15) is 17.0 Å². The van der Waals surface area contributed by atoms with E-state index < -0.39 is 11.7 Å². The molecule has 37 heavy (non-hydrogen) atoms. The lowest BCUT2D eigenvalue weighted by Crippen LogP contribution is -2.45. The summed E-state index contributed by atoms with van der Waals surface area (Å²) in [5.41, 5.74) is 0.677. The van der Waals surface area contributed by atoms with Gasteiger partial charge >= 0.3 is 6.09 Å². The zero-order chi connectivity index (χ0) is 26.8. The van der Waals surface area contributed by atoms with Gasteiger partial charge < -0.3 is 20.1 Å². The molecule has 1 aromatic heterocycles.